The van der Waals surface area contributed by atoms with Crippen LogP contribution in [0.1, 0.15) is 17.2 Å². The molecule has 0 saturated heterocycles. The summed E-state index contributed by atoms with van der Waals surface area (Å²) in [7, 11) is 0. The zero-order valence-corrected chi connectivity index (χ0v) is 13.1. The molecule has 2 aromatic rings. The normalized spacial score (nSPS) is 12.5. The molecule has 1 unspecified atom stereocenters. The van der Waals surface area contributed by atoms with E-state index in [-0.39, 0.29) is 16.5 Å². The van der Waals surface area contributed by atoms with Gasteiger partial charge in [-0.05, 0) is 29.8 Å². The van der Waals surface area contributed by atoms with E-state index in [0.29, 0.717) is 15.6 Å². The highest BCUT2D eigenvalue weighted by atomic mass is 79.9. The highest BCUT2D eigenvalue weighted by molar-refractivity contribution is 9.10. The van der Waals surface area contributed by atoms with Crippen molar-refractivity contribution in [3.8, 4) is 0 Å². The smallest absolute Gasteiger partial charge is 0.133 e. The quantitative estimate of drug-likeness (QED) is 0.763. The predicted octanol–water partition coefficient (Wildman–Crippen LogP) is 5.31. The van der Waals surface area contributed by atoms with Gasteiger partial charge in [-0.3, -0.25) is 0 Å². The molecule has 0 spiro atoms. The zero-order chi connectivity index (χ0) is 14.9. The molecule has 0 bridgehead atoms. The van der Waals surface area contributed by atoms with Crippen LogP contribution in [0.3, 0.4) is 0 Å². The number of aliphatic hydroxyl groups excluding tert-OH is 1. The molecule has 1 nitrogen and oxygen atoms in total. The standard InChI is InChI=1S/C14H9BrCl2F2O/c15-8-4-11(18)14(12(19)5-8)13(20)3-7-1-2-9(16)6-10(7)17/h1-2,4-6,13,20H,3H2. The zero-order valence-electron chi connectivity index (χ0n) is 10.0. The lowest BCUT2D eigenvalue weighted by Crippen LogP contribution is -2.08. The summed E-state index contributed by atoms with van der Waals surface area (Å²) in [5.74, 6) is -1.62. The fourth-order valence-electron chi connectivity index (χ4n) is 1.87. The molecule has 0 fully saturated rings. The first-order valence-corrected chi connectivity index (χ1v) is 7.20. The van der Waals surface area contributed by atoms with Crippen LogP contribution in [-0.2, 0) is 6.42 Å². The first-order chi connectivity index (χ1) is 9.38. The number of aliphatic hydroxyl groups is 1. The predicted molar refractivity (Wildman–Crippen MR) is 79.2 cm³/mol. The molecule has 106 valence electrons. The van der Waals surface area contributed by atoms with Crippen molar-refractivity contribution in [2.24, 2.45) is 0 Å². The monoisotopic (exact) mass is 380 g/mol. The summed E-state index contributed by atoms with van der Waals surface area (Å²) in [5.41, 5.74) is 0.185. The van der Waals surface area contributed by atoms with Gasteiger partial charge in [0.1, 0.15) is 11.6 Å². The lowest BCUT2D eigenvalue weighted by molar-refractivity contribution is 0.168. The Kier molecular flexibility index (Phi) is 5.02. The van der Waals surface area contributed by atoms with Gasteiger partial charge in [-0.2, -0.15) is 0 Å². The van der Waals surface area contributed by atoms with Crippen LogP contribution >= 0.6 is 39.1 Å². The van der Waals surface area contributed by atoms with Crippen molar-refractivity contribution in [3.05, 3.63) is 67.6 Å². The van der Waals surface area contributed by atoms with E-state index in [1.807, 2.05) is 0 Å². The van der Waals surface area contributed by atoms with E-state index in [0.717, 1.165) is 12.1 Å². The summed E-state index contributed by atoms with van der Waals surface area (Å²) in [6.45, 7) is 0. The van der Waals surface area contributed by atoms with E-state index in [2.05, 4.69) is 15.9 Å². The van der Waals surface area contributed by atoms with Gasteiger partial charge in [0, 0.05) is 20.9 Å². The van der Waals surface area contributed by atoms with Crippen molar-refractivity contribution >= 4 is 39.1 Å². The van der Waals surface area contributed by atoms with Crippen molar-refractivity contribution in [3.63, 3.8) is 0 Å². The average molecular weight is 382 g/mol. The van der Waals surface area contributed by atoms with Crippen molar-refractivity contribution < 1.29 is 13.9 Å². The van der Waals surface area contributed by atoms with E-state index in [9.17, 15) is 13.9 Å². The summed E-state index contributed by atoms with van der Waals surface area (Å²) < 4.78 is 27.8. The molecule has 0 heterocycles. The Hall–Kier alpha value is -0.680. The Labute approximate surface area is 133 Å². The molecule has 0 amide bonds. The van der Waals surface area contributed by atoms with E-state index in [4.69, 9.17) is 23.2 Å². The van der Waals surface area contributed by atoms with Crippen LogP contribution in [-0.4, -0.2) is 5.11 Å². The maximum absolute atomic E-state index is 13.7. The van der Waals surface area contributed by atoms with Crippen molar-refractivity contribution in [2.75, 3.05) is 0 Å². The maximum atomic E-state index is 13.7. The fraction of sp³-hybridized carbons (Fsp3) is 0.143. The second-order valence-electron chi connectivity index (χ2n) is 4.24. The Bertz CT molecular complexity index is 626. The highest BCUT2D eigenvalue weighted by Gasteiger charge is 2.20. The van der Waals surface area contributed by atoms with Gasteiger partial charge in [-0.25, -0.2) is 8.78 Å². The lowest BCUT2D eigenvalue weighted by atomic mass is 10.0. The molecule has 0 aliphatic rings. The molecular weight excluding hydrogens is 373 g/mol. The van der Waals surface area contributed by atoms with Gasteiger partial charge in [0.15, 0.2) is 0 Å². The van der Waals surface area contributed by atoms with Crippen molar-refractivity contribution in [2.45, 2.75) is 12.5 Å². The highest BCUT2D eigenvalue weighted by Crippen LogP contribution is 2.30. The molecule has 6 heteroatoms. The Morgan fingerprint density at radius 1 is 1.10 bits per heavy atom. The lowest BCUT2D eigenvalue weighted by Gasteiger charge is -2.14. The van der Waals surface area contributed by atoms with Crippen molar-refractivity contribution in [1.82, 2.24) is 0 Å². The van der Waals surface area contributed by atoms with Crippen molar-refractivity contribution in [1.29, 1.82) is 0 Å². The summed E-state index contributed by atoms with van der Waals surface area (Å²) in [4.78, 5) is 0. The van der Waals surface area contributed by atoms with Gasteiger partial charge in [0.2, 0.25) is 0 Å². The number of halogens is 5. The Balaban J connectivity index is 2.31. The molecule has 0 aliphatic carbocycles. The van der Waals surface area contributed by atoms with E-state index >= 15 is 0 Å². The minimum atomic E-state index is -1.33. The molecule has 1 N–H and O–H groups in total. The third-order valence-electron chi connectivity index (χ3n) is 2.81. The van der Waals surface area contributed by atoms with E-state index in [1.54, 1.807) is 12.1 Å². The number of benzene rings is 2. The van der Waals surface area contributed by atoms with Crippen LogP contribution in [0.2, 0.25) is 10.0 Å². The molecule has 1 atom stereocenters. The van der Waals surface area contributed by atoms with Crippen LogP contribution in [0.15, 0.2) is 34.8 Å². The van der Waals surface area contributed by atoms with Gasteiger partial charge in [-0.15, -0.1) is 0 Å². The van der Waals surface area contributed by atoms with Crippen LogP contribution in [0.25, 0.3) is 0 Å². The molecule has 0 saturated carbocycles. The molecule has 20 heavy (non-hydrogen) atoms. The van der Waals surface area contributed by atoms with E-state index in [1.165, 1.54) is 6.07 Å². The van der Waals surface area contributed by atoms with Crippen LogP contribution in [0.5, 0.6) is 0 Å². The van der Waals surface area contributed by atoms with E-state index < -0.39 is 17.7 Å². The molecule has 0 aliphatic heterocycles. The van der Waals surface area contributed by atoms with Gasteiger partial charge in [0.05, 0.1) is 11.7 Å². The van der Waals surface area contributed by atoms with Crippen LogP contribution in [0.4, 0.5) is 8.78 Å². The molecule has 2 aromatic carbocycles. The number of hydrogen-bond donors (Lipinski definition) is 1. The molecule has 2 rings (SSSR count). The second-order valence-corrected chi connectivity index (χ2v) is 6.00. The first-order valence-electron chi connectivity index (χ1n) is 5.65. The van der Waals surface area contributed by atoms with Gasteiger partial charge >= 0.3 is 0 Å². The van der Waals surface area contributed by atoms with Crippen LogP contribution in [0, 0.1) is 11.6 Å². The summed E-state index contributed by atoms with van der Waals surface area (Å²) in [6.07, 6.45) is -1.34. The molecular formula is C14H9BrCl2F2O. The summed E-state index contributed by atoms with van der Waals surface area (Å²) in [6, 6.07) is 6.93. The number of rotatable bonds is 3. The minimum Gasteiger partial charge on any atom is -0.388 e. The summed E-state index contributed by atoms with van der Waals surface area (Å²) in [5, 5.41) is 10.8. The fourth-order valence-corrected chi connectivity index (χ4v) is 2.76. The first kappa shape index (κ1) is 15.7. The SMILES string of the molecule is OC(Cc1ccc(Cl)cc1Cl)c1c(F)cc(Br)cc1F. The Morgan fingerprint density at radius 3 is 2.25 bits per heavy atom. The van der Waals surface area contributed by atoms with Gasteiger partial charge in [0.25, 0.3) is 0 Å². The third-order valence-corrected chi connectivity index (χ3v) is 3.85. The molecule has 0 radical (unpaired) electrons. The third kappa shape index (κ3) is 3.50. The summed E-state index contributed by atoms with van der Waals surface area (Å²) >= 11 is 14.7. The average Bonchev–Trinajstić information content (AvgIpc) is 2.31. The largest absolute Gasteiger partial charge is 0.388 e. The minimum absolute atomic E-state index is 0.00846. The maximum Gasteiger partial charge on any atom is 0.133 e. The van der Waals surface area contributed by atoms with Crippen LogP contribution < -0.4 is 0 Å². The Morgan fingerprint density at radius 2 is 1.70 bits per heavy atom. The molecule has 0 aromatic heterocycles. The second kappa shape index (κ2) is 6.39. The topological polar surface area (TPSA) is 20.2 Å². The number of hydrogen-bond acceptors (Lipinski definition) is 1. The van der Waals surface area contributed by atoms with Gasteiger partial charge in [-0.1, -0.05) is 45.2 Å². The van der Waals surface area contributed by atoms with Gasteiger partial charge < -0.3 is 5.11 Å².